The third-order valence-electron chi connectivity index (χ3n) is 3.64. The largest absolute Gasteiger partial charge is 0.396 e. The molecule has 0 fully saturated rings. The molecule has 3 N–H and O–H groups in total. The van der Waals surface area contributed by atoms with Crippen molar-refractivity contribution < 1.29 is 5.11 Å². The van der Waals surface area contributed by atoms with Gasteiger partial charge in [-0.3, -0.25) is 4.99 Å². The molecule has 0 spiro atoms. The smallest absolute Gasteiger partial charge is 0.191 e. The molecule has 0 amide bonds. The van der Waals surface area contributed by atoms with Crippen LogP contribution in [0, 0.1) is 12.8 Å². The zero-order chi connectivity index (χ0) is 17.1. The Kier molecular flexibility index (Phi) is 9.14. The molecule has 1 rings (SSSR count). The number of anilines is 1. The molecule has 0 aromatic heterocycles. The first-order valence-electron chi connectivity index (χ1n) is 8.55. The van der Waals surface area contributed by atoms with E-state index < -0.39 is 0 Å². The van der Waals surface area contributed by atoms with Gasteiger partial charge in [0, 0.05) is 45.0 Å². The quantitative estimate of drug-likeness (QED) is 0.481. The molecule has 1 unspecified atom stereocenters. The Morgan fingerprint density at radius 3 is 2.70 bits per heavy atom. The third-order valence-corrected chi connectivity index (χ3v) is 3.64. The van der Waals surface area contributed by atoms with E-state index >= 15 is 0 Å². The number of nitrogens with zero attached hydrogens (tertiary/aromatic N) is 2. The maximum absolute atomic E-state index is 9.09. The van der Waals surface area contributed by atoms with E-state index in [0.29, 0.717) is 6.54 Å². The number of aliphatic hydroxyl groups excluding tert-OH is 1. The summed E-state index contributed by atoms with van der Waals surface area (Å²) in [5.74, 6) is 0.998. The van der Waals surface area contributed by atoms with E-state index in [9.17, 15) is 0 Å². The van der Waals surface area contributed by atoms with Crippen LogP contribution in [-0.4, -0.2) is 50.4 Å². The topological polar surface area (TPSA) is 59.9 Å². The highest BCUT2D eigenvalue weighted by molar-refractivity contribution is 5.79. The van der Waals surface area contributed by atoms with Crippen molar-refractivity contribution in [1.29, 1.82) is 0 Å². The van der Waals surface area contributed by atoms with Crippen LogP contribution in [0.5, 0.6) is 0 Å². The van der Waals surface area contributed by atoms with Crippen molar-refractivity contribution in [1.82, 2.24) is 10.6 Å². The van der Waals surface area contributed by atoms with E-state index in [0.717, 1.165) is 32.1 Å². The van der Waals surface area contributed by atoms with Crippen molar-refractivity contribution in [3.05, 3.63) is 29.8 Å². The lowest BCUT2D eigenvalue weighted by atomic mass is 10.2. The first-order chi connectivity index (χ1) is 11.1. The number of aryl methyl sites for hydroxylation is 1. The number of rotatable bonds is 9. The molecule has 0 aliphatic rings. The number of aliphatic imine (C=N–C) groups is 1. The van der Waals surface area contributed by atoms with Crippen LogP contribution in [0.4, 0.5) is 5.69 Å². The molecule has 1 aromatic rings. The molecule has 0 saturated carbocycles. The third kappa shape index (κ3) is 7.37. The predicted octanol–water partition coefficient (Wildman–Crippen LogP) is 2.00. The Morgan fingerprint density at radius 2 is 2.09 bits per heavy atom. The lowest BCUT2D eigenvalue weighted by molar-refractivity contribution is 0.241. The lowest BCUT2D eigenvalue weighted by Crippen LogP contribution is -2.42. The van der Waals surface area contributed by atoms with Gasteiger partial charge in [0.05, 0.1) is 0 Å². The molecular weight excluding hydrogens is 288 g/mol. The number of guanidine groups is 1. The standard InChI is InChI=1S/C18H32N4O/c1-5-19-18(21-13-16(4)14-23)20-10-11-22(6-2)17-9-7-8-15(3)12-17/h7-9,12,16,23H,5-6,10-11,13-14H2,1-4H3,(H2,19,20,21). The van der Waals surface area contributed by atoms with Crippen LogP contribution in [0.2, 0.25) is 0 Å². The van der Waals surface area contributed by atoms with Crippen LogP contribution in [0.1, 0.15) is 26.3 Å². The summed E-state index contributed by atoms with van der Waals surface area (Å²) in [6.07, 6.45) is 0. The second-order valence-electron chi connectivity index (χ2n) is 5.85. The van der Waals surface area contributed by atoms with Gasteiger partial charge in [0.1, 0.15) is 0 Å². The molecule has 1 aromatic carbocycles. The summed E-state index contributed by atoms with van der Waals surface area (Å²) >= 11 is 0. The number of benzene rings is 1. The van der Waals surface area contributed by atoms with Crippen LogP contribution in [0.3, 0.4) is 0 Å². The van der Waals surface area contributed by atoms with Crippen LogP contribution in [0.15, 0.2) is 29.3 Å². The molecule has 23 heavy (non-hydrogen) atoms. The number of aliphatic hydroxyl groups is 1. The Balaban J connectivity index is 2.53. The zero-order valence-electron chi connectivity index (χ0n) is 15.0. The molecule has 0 bridgehead atoms. The first-order valence-corrected chi connectivity index (χ1v) is 8.55. The Bertz CT molecular complexity index is 476. The fraction of sp³-hybridized carbons (Fsp3) is 0.611. The maximum atomic E-state index is 9.09. The fourth-order valence-corrected chi connectivity index (χ4v) is 2.25. The van der Waals surface area contributed by atoms with Gasteiger partial charge in [-0.25, -0.2) is 0 Å². The summed E-state index contributed by atoms with van der Waals surface area (Å²) in [7, 11) is 0. The van der Waals surface area contributed by atoms with Crippen molar-refractivity contribution in [3.63, 3.8) is 0 Å². The number of likely N-dealkylation sites (N-methyl/N-ethyl adjacent to an activating group) is 1. The molecule has 0 radical (unpaired) electrons. The van der Waals surface area contributed by atoms with E-state index in [-0.39, 0.29) is 12.5 Å². The highest BCUT2D eigenvalue weighted by Gasteiger charge is 2.05. The summed E-state index contributed by atoms with van der Waals surface area (Å²) < 4.78 is 0. The minimum atomic E-state index is 0.167. The molecule has 5 nitrogen and oxygen atoms in total. The average Bonchev–Trinajstić information content (AvgIpc) is 2.56. The van der Waals surface area contributed by atoms with E-state index in [2.05, 4.69) is 65.6 Å². The second-order valence-corrected chi connectivity index (χ2v) is 5.85. The summed E-state index contributed by atoms with van der Waals surface area (Å²) in [4.78, 5) is 6.86. The van der Waals surface area contributed by atoms with Gasteiger partial charge < -0.3 is 20.6 Å². The SMILES string of the molecule is CCNC(=NCC(C)CO)NCCN(CC)c1cccc(C)c1. The molecule has 0 saturated heterocycles. The van der Waals surface area contributed by atoms with Gasteiger partial charge in [-0.05, 0) is 44.4 Å². The Labute approximate surface area is 140 Å². The second kappa shape index (κ2) is 10.9. The van der Waals surface area contributed by atoms with Gasteiger partial charge in [-0.1, -0.05) is 19.1 Å². The highest BCUT2D eigenvalue weighted by atomic mass is 16.3. The van der Waals surface area contributed by atoms with Gasteiger partial charge in [0.2, 0.25) is 0 Å². The fourth-order valence-electron chi connectivity index (χ4n) is 2.25. The van der Waals surface area contributed by atoms with E-state index in [1.54, 1.807) is 0 Å². The average molecular weight is 320 g/mol. The maximum Gasteiger partial charge on any atom is 0.191 e. The number of hydrogen-bond donors (Lipinski definition) is 3. The molecule has 0 aliphatic heterocycles. The molecule has 1 atom stereocenters. The van der Waals surface area contributed by atoms with Crippen LogP contribution in [-0.2, 0) is 0 Å². The van der Waals surface area contributed by atoms with Crippen molar-refractivity contribution in [3.8, 4) is 0 Å². The van der Waals surface area contributed by atoms with Gasteiger partial charge in [0.15, 0.2) is 5.96 Å². The van der Waals surface area contributed by atoms with E-state index in [4.69, 9.17) is 5.11 Å². The van der Waals surface area contributed by atoms with Crippen molar-refractivity contribution >= 4 is 11.6 Å². The molecule has 0 aliphatic carbocycles. The predicted molar refractivity (Wildman–Crippen MR) is 99.3 cm³/mol. The summed E-state index contributed by atoms with van der Waals surface area (Å²) in [6.45, 7) is 12.7. The summed E-state index contributed by atoms with van der Waals surface area (Å²) in [6, 6.07) is 8.58. The van der Waals surface area contributed by atoms with E-state index in [1.165, 1.54) is 11.3 Å². The Morgan fingerprint density at radius 1 is 1.30 bits per heavy atom. The van der Waals surface area contributed by atoms with Gasteiger partial charge >= 0.3 is 0 Å². The summed E-state index contributed by atoms with van der Waals surface area (Å²) in [5.41, 5.74) is 2.53. The molecule has 130 valence electrons. The Hall–Kier alpha value is -1.75. The minimum absolute atomic E-state index is 0.167. The lowest BCUT2D eigenvalue weighted by Gasteiger charge is -2.24. The number of nitrogens with one attached hydrogen (secondary N) is 2. The van der Waals surface area contributed by atoms with Crippen molar-refractivity contribution in [2.75, 3.05) is 44.2 Å². The monoisotopic (exact) mass is 320 g/mol. The minimum Gasteiger partial charge on any atom is -0.396 e. The first kappa shape index (κ1) is 19.3. The van der Waals surface area contributed by atoms with E-state index in [1.807, 2.05) is 6.92 Å². The summed E-state index contributed by atoms with van der Waals surface area (Å²) in [5, 5.41) is 15.7. The number of hydrogen-bond acceptors (Lipinski definition) is 3. The highest BCUT2D eigenvalue weighted by Crippen LogP contribution is 2.14. The normalized spacial score (nSPS) is 12.8. The van der Waals surface area contributed by atoms with Crippen LogP contribution < -0.4 is 15.5 Å². The van der Waals surface area contributed by atoms with Crippen molar-refractivity contribution in [2.24, 2.45) is 10.9 Å². The molecular formula is C18H32N4O. The van der Waals surface area contributed by atoms with Crippen LogP contribution >= 0.6 is 0 Å². The van der Waals surface area contributed by atoms with Gasteiger partial charge in [0.25, 0.3) is 0 Å². The molecule has 0 heterocycles. The van der Waals surface area contributed by atoms with Gasteiger partial charge in [-0.15, -0.1) is 0 Å². The van der Waals surface area contributed by atoms with Gasteiger partial charge in [-0.2, -0.15) is 0 Å². The van der Waals surface area contributed by atoms with Crippen molar-refractivity contribution in [2.45, 2.75) is 27.7 Å². The molecule has 5 heteroatoms. The zero-order valence-corrected chi connectivity index (χ0v) is 15.0. The van der Waals surface area contributed by atoms with Crippen LogP contribution in [0.25, 0.3) is 0 Å².